The van der Waals surface area contributed by atoms with E-state index in [1.807, 2.05) is 59.7 Å². The predicted octanol–water partition coefficient (Wildman–Crippen LogP) is 2.43. The molecule has 120 valence electrons. The highest BCUT2D eigenvalue weighted by atomic mass is 16.1. The van der Waals surface area contributed by atoms with Gasteiger partial charge in [0.25, 0.3) is 0 Å². The second-order valence-electron chi connectivity index (χ2n) is 5.68. The van der Waals surface area contributed by atoms with Crippen molar-refractivity contribution < 1.29 is 4.79 Å². The smallest absolute Gasteiger partial charge is 0.220 e. The van der Waals surface area contributed by atoms with E-state index in [4.69, 9.17) is 0 Å². The predicted molar refractivity (Wildman–Crippen MR) is 88.7 cm³/mol. The van der Waals surface area contributed by atoms with Gasteiger partial charge in [-0.15, -0.1) is 0 Å². The zero-order valence-electron chi connectivity index (χ0n) is 13.4. The highest BCUT2D eigenvalue weighted by Gasteiger charge is 2.16. The Labute approximate surface area is 135 Å². The first-order valence-electron chi connectivity index (χ1n) is 7.83. The van der Waals surface area contributed by atoms with E-state index in [0.717, 1.165) is 29.8 Å². The van der Waals surface area contributed by atoms with Crippen LogP contribution in [-0.4, -0.2) is 25.2 Å². The van der Waals surface area contributed by atoms with Crippen molar-refractivity contribution in [2.24, 2.45) is 7.05 Å². The summed E-state index contributed by atoms with van der Waals surface area (Å²) < 4.78 is 3.87. The highest BCUT2D eigenvalue weighted by Crippen LogP contribution is 2.19. The second kappa shape index (κ2) is 6.64. The number of amides is 1. The molecule has 3 aromatic rings. The molecule has 2 aromatic heterocycles. The summed E-state index contributed by atoms with van der Waals surface area (Å²) in [6.07, 6.45) is 4.89. The fraction of sp³-hybridized carbons (Fsp3) is 0.353. The standard InChI is InChI=1S/C17H21N5O/c1-13(17-20-14-7-3-4-8-15(14)21(17)2)19-16(23)9-5-11-22-12-6-10-18-22/h3-4,6-8,10,12-13H,5,9,11H2,1-2H3,(H,19,23)/t13-/m0/s1. The van der Waals surface area contributed by atoms with E-state index < -0.39 is 0 Å². The van der Waals surface area contributed by atoms with Gasteiger partial charge >= 0.3 is 0 Å². The number of carbonyl (C=O) groups excluding carboxylic acids is 1. The summed E-state index contributed by atoms with van der Waals surface area (Å²) in [4.78, 5) is 16.7. The van der Waals surface area contributed by atoms with Crippen molar-refractivity contribution in [3.05, 3.63) is 48.5 Å². The number of hydrogen-bond acceptors (Lipinski definition) is 3. The normalized spacial score (nSPS) is 12.4. The molecule has 0 aliphatic rings. The minimum Gasteiger partial charge on any atom is -0.346 e. The van der Waals surface area contributed by atoms with Crippen LogP contribution < -0.4 is 5.32 Å². The molecule has 6 nitrogen and oxygen atoms in total. The van der Waals surface area contributed by atoms with E-state index in [2.05, 4.69) is 15.4 Å². The van der Waals surface area contributed by atoms with E-state index >= 15 is 0 Å². The minimum absolute atomic E-state index is 0.0386. The van der Waals surface area contributed by atoms with Gasteiger partial charge in [-0.05, 0) is 31.5 Å². The Morgan fingerprint density at radius 3 is 2.87 bits per heavy atom. The number of benzene rings is 1. The van der Waals surface area contributed by atoms with Crippen LogP contribution >= 0.6 is 0 Å². The molecule has 1 aromatic carbocycles. The van der Waals surface area contributed by atoms with Gasteiger partial charge in [0.2, 0.25) is 5.91 Å². The lowest BCUT2D eigenvalue weighted by atomic mass is 10.2. The third-order valence-corrected chi connectivity index (χ3v) is 3.94. The molecule has 0 fully saturated rings. The van der Waals surface area contributed by atoms with Crippen molar-refractivity contribution in [3.63, 3.8) is 0 Å². The molecule has 0 unspecified atom stereocenters. The molecular formula is C17H21N5O. The number of imidazole rings is 1. The van der Waals surface area contributed by atoms with Crippen molar-refractivity contribution in [1.29, 1.82) is 0 Å². The van der Waals surface area contributed by atoms with Crippen LogP contribution in [0.1, 0.15) is 31.6 Å². The van der Waals surface area contributed by atoms with Gasteiger partial charge in [0, 0.05) is 32.4 Å². The molecule has 0 aliphatic heterocycles. The van der Waals surface area contributed by atoms with E-state index in [9.17, 15) is 4.79 Å². The molecule has 1 atom stereocenters. The lowest BCUT2D eigenvalue weighted by molar-refractivity contribution is -0.121. The molecule has 0 bridgehead atoms. The first-order valence-corrected chi connectivity index (χ1v) is 7.83. The van der Waals surface area contributed by atoms with E-state index in [-0.39, 0.29) is 11.9 Å². The van der Waals surface area contributed by atoms with Crippen LogP contribution in [0.3, 0.4) is 0 Å². The lowest BCUT2D eigenvalue weighted by Crippen LogP contribution is -2.28. The first kappa shape index (κ1) is 15.3. The Morgan fingerprint density at radius 1 is 1.30 bits per heavy atom. The van der Waals surface area contributed by atoms with Crippen molar-refractivity contribution in [3.8, 4) is 0 Å². The molecule has 1 N–H and O–H groups in total. The molecule has 23 heavy (non-hydrogen) atoms. The summed E-state index contributed by atoms with van der Waals surface area (Å²) in [5.74, 6) is 0.906. The number of hydrogen-bond donors (Lipinski definition) is 1. The van der Waals surface area contributed by atoms with Crippen LogP contribution in [0.4, 0.5) is 0 Å². The summed E-state index contributed by atoms with van der Waals surface area (Å²) in [5.41, 5.74) is 2.02. The van der Waals surface area contributed by atoms with Gasteiger partial charge in [-0.25, -0.2) is 4.98 Å². The second-order valence-corrected chi connectivity index (χ2v) is 5.68. The number of para-hydroxylation sites is 2. The quantitative estimate of drug-likeness (QED) is 0.760. The van der Waals surface area contributed by atoms with Gasteiger partial charge < -0.3 is 9.88 Å². The minimum atomic E-state index is -0.121. The Kier molecular flexibility index (Phi) is 4.41. The number of aromatic nitrogens is 4. The van der Waals surface area contributed by atoms with Crippen LogP contribution in [-0.2, 0) is 18.4 Å². The van der Waals surface area contributed by atoms with E-state index in [1.165, 1.54) is 0 Å². The van der Waals surface area contributed by atoms with Gasteiger partial charge in [0.15, 0.2) is 0 Å². The van der Waals surface area contributed by atoms with Gasteiger partial charge in [-0.3, -0.25) is 9.48 Å². The molecule has 6 heteroatoms. The molecule has 3 rings (SSSR count). The van der Waals surface area contributed by atoms with Gasteiger partial charge in [-0.2, -0.15) is 5.10 Å². The summed E-state index contributed by atoms with van der Waals surface area (Å²) in [6.45, 7) is 2.72. The maximum Gasteiger partial charge on any atom is 0.220 e. The number of rotatable bonds is 6. The van der Waals surface area contributed by atoms with Crippen molar-refractivity contribution in [2.45, 2.75) is 32.4 Å². The summed E-state index contributed by atoms with van der Waals surface area (Å²) in [6, 6.07) is 9.74. The molecule has 1 amide bonds. The Balaban J connectivity index is 1.58. The Morgan fingerprint density at radius 2 is 2.13 bits per heavy atom. The number of nitrogens with zero attached hydrogens (tertiary/aromatic N) is 4. The fourth-order valence-corrected chi connectivity index (χ4v) is 2.76. The molecule has 0 saturated heterocycles. The maximum atomic E-state index is 12.1. The van der Waals surface area contributed by atoms with Crippen LogP contribution in [0.25, 0.3) is 11.0 Å². The van der Waals surface area contributed by atoms with Crippen molar-refractivity contribution in [1.82, 2.24) is 24.6 Å². The number of fused-ring (bicyclic) bond motifs is 1. The number of aryl methyl sites for hydroxylation is 2. The maximum absolute atomic E-state index is 12.1. The molecule has 0 radical (unpaired) electrons. The van der Waals surface area contributed by atoms with Gasteiger partial charge in [0.1, 0.15) is 5.82 Å². The SMILES string of the molecule is C[C@H](NC(=O)CCCn1cccn1)c1nc2ccccc2n1C. The third-order valence-electron chi connectivity index (χ3n) is 3.94. The first-order chi connectivity index (χ1) is 11.1. The molecule has 0 saturated carbocycles. The highest BCUT2D eigenvalue weighted by molar-refractivity contribution is 5.78. The van der Waals surface area contributed by atoms with Gasteiger partial charge in [0.05, 0.1) is 17.1 Å². The van der Waals surface area contributed by atoms with Crippen LogP contribution in [0, 0.1) is 0 Å². The summed E-state index contributed by atoms with van der Waals surface area (Å²) >= 11 is 0. The van der Waals surface area contributed by atoms with Crippen LogP contribution in [0.5, 0.6) is 0 Å². The Bertz CT molecular complexity index is 791. The van der Waals surface area contributed by atoms with E-state index in [0.29, 0.717) is 6.42 Å². The Hall–Kier alpha value is -2.63. The van der Waals surface area contributed by atoms with Crippen LogP contribution in [0.2, 0.25) is 0 Å². The monoisotopic (exact) mass is 311 g/mol. The average Bonchev–Trinajstić information content (AvgIpc) is 3.16. The molecule has 2 heterocycles. The molecular weight excluding hydrogens is 290 g/mol. The largest absolute Gasteiger partial charge is 0.346 e. The molecule has 0 spiro atoms. The average molecular weight is 311 g/mol. The third kappa shape index (κ3) is 3.41. The summed E-state index contributed by atoms with van der Waals surface area (Å²) in [5, 5.41) is 7.16. The molecule has 0 aliphatic carbocycles. The van der Waals surface area contributed by atoms with Crippen molar-refractivity contribution in [2.75, 3.05) is 0 Å². The fourth-order valence-electron chi connectivity index (χ4n) is 2.76. The zero-order chi connectivity index (χ0) is 16.2. The van der Waals surface area contributed by atoms with E-state index in [1.54, 1.807) is 6.20 Å². The topological polar surface area (TPSA) is 64.7 Å². The number of carbonyl (C=O) groups is 1. The number of nitrogens with one attached hydrogen (secondary N) is 1. The van der Waals surface area contributed by atoms with Crippen molar-refractivity contribution >= 4 is 16.9 Å². The zero-order valence-corrected chi connectivity index (χ0v) is 13.4. The lowest BCUT2D eigenvalue weighted by Gasteiger charge is -2.14. The van der Waals surface area contributed by atoms with Gasteiger partial charge in [-0.1, -0.05) is 12.1 Å². The van der Waals surface area contributed by atoms with Crippen LogP contribution in [0.15, 0.2) is 42.7 Å². The summed E-state index contributed by atoms with van der Waals surface area (Å²) in [7, 11) is 1.98.